The topological polar surface area (TPSA) is 72.7 Å². The minimum Gasteiger partial charge on any atom is -0.504 e. The third kappa shape index (κ3) is 2.88. The quantitative estimate of drug-likeness (QED) is 0.634. The van der Waals surface area contributed by atoms with E-state index in [2.05, 4.69) is 5.32 Å². The predicted octanol–water partition coefficient (Wildman–Crippen LogP) is 2.32. The smallest absolute Gasteiger partial charge is 0.176 e. The highest BCUT2D eigenvalue weighted by molar-refractivity contribution is 6.33. The summed E-state index contributed by atoms with van der Waals surface area (Å²) in [5.41, 5.74) is 0.428. The zero-order valence-corrected chi connectivity index (χ0v) is 10.8. The summed E-state index contributed by atoms with van der Waals surface area (Å²) < 4.78 is 0. The first-order valence-corrected chi connectivity index (χ1v) is 6.59. The van der Waals surface area contributed by atoms with E-state index in [-0.39, 0.29) is 16.5 Å². The van der Waals surface area contributed by atoms with Crippen molar-refractivity contribution in [2.24, 2.45) is 0 Å². The van der Waals surface area contributed by atoms with Gasteiger partial charge in [0.15, 0.2) is 11.5 Å². The number of halogens is 1. The molecule has 2 rings (SSSR count). The van der Waals surface area contributed by atoms with Crippen LogP contribution in [-0.4, -0.2) is 27.9 Å². The second-order valence-corrected chi connectivity index (χ2v) is 5.12. The highest BCUT2D eigenvalue weighted by Crippen LogP contribution is 2.37. The Morgan fingerprint density at radius 1 is 1.28 bits per heavy atom. The van der Waals surface area contributed by atoms with Gasteiger partial charge in [-0.2, -0.15) is 0 Å². The van der Waals surface area contributed by atoms with Gasteiger partial charge in [0.1, 0.15) is 0 Å². The summed E-state index contributed by atoms with van der Waals surface area (Å²) in [5.74, 6) is -0.659. The molecular formula is C13H18ClNO3. The van der Waals surface area contributed by atoms with Crippen molar-refractivity contribution in [2.45, 2.75) is 37.8 Å². The lowest BCUT2D eigenvalue weighted by Crippen LogP contribution is -2.30. The van der Waals surface area contributed by atoms with Crippen LogP contribution in [-0.2, 0) is 0 Å². The molecule has 0 amide bonds. The molecule has 1 aromatic rings. The summed E-state index contributed by atoms with van der Waals surface area (Å²) in [6.45, 7) is 0.397. The van der Waals surface area contributed by atoms with Gasteiger partial charge in [-0.15, -0.1) is 0 Å². The SMILES string of the molecule is Oc1ccc(C(O)CNC2CCCC2)c(Cl)c1O. The number of rotatable bonds is 4. The van der Waals surface area contributed by atoms with E-state index in [9.17, 15) is 15.3 Å². The van der Waals surface area contributed by atoms with Crippen LogP contribution in [0.25, 0.3) is 0 Å². The van der Waals surface area contributed by atoms with Gasteiger partial charge in [0.05, 0.1) is 11.1 Å². The Kier molecular flexibility index (Phi) is 4.32. The third-order valence-corrected chi connectivity index (χ3v) is 3.84. The lowest BCUT2D eigenvalue weighted by molar-refractivity contribution is 0.169. The van der Waals surface area contributed by atoms with Crippen LogP contribution in [0.1, 0.15) is 37.4 Å². The Labute approximate surface area is 111 Å². The lowest BCUT2D eigenvalue weighted by atomic mass is 10.1. The van der Waals surface area contributed by atoms with Crippen LogP contribution in [0.4, 0.5) is 0 Å². The van der Waals surface area contributed by atoms with Crippen molar-refractivity contribution < 1.29 is 15.3 Å². The van der Waals surface area contributed by atoms with Crippen molar-refractivity contribution in [3.8, 4) is 11.5 Å². The predicted molar refractivity (Wildman–Crippen MR) is 70.0 cm³/mol. The maximum Gasteiger partial charge on any atom is 0.176 e. The minimum absolute atomic E-state index is 0.00993. The zero-order chi connectivity index (χ0) is 13.1. The fourth-order valence-electron chi connectivity index (χ4n) is 2.35. The molecule has 18 heavy (non-hydrogen) atoms. The summed E-state index contributed by atoms with van der Waals surface area (Å²) >= 11 is 5.89. The van der Waals surface area contributed by atoms with Crippen LogP contribution in [0, 0.1) is 0 Å². The summed E-state index contributed by atoms with van der Waals surface area (Å²) in [7, 11) is 0. The molecule has 0 spiro atoms. The van der Waals surface area contributed by atoms with Crippen LogP contribution < -0.4 is 5.32 Å². The number of hydrogen-bond acceptors (Lipinski definition) is 4. The number of aliphatic hydroxyl groups is 1. The molecule has 0 aliphatic heterocycles. The monoisotopic (exact) mass is 271 g/mol. The number of benzene rings is 1. The molecule has 1 unspecified atom stereocenters. The van der Waals surface area contributed by atoms with Crippen molar-refractivity contribution in [1.82, 2.24) is 5.32 Å². The molecule has 1 aromatic carbocycles. The molecule has 1 aliphatic carbocycles. The molecule has 0 saturated heterocycles. The lowest BCUT2D eigenvalue weighted by Gasteiger charge is -2.18. The van der Waals surface area contributed by atoms with Crippen LogP contribution in [0.15, 0.2) is 12.1 Å². The van der Waals surface area contributed by atoms with E-state index >= 15 is 0 Å². The molecule has 0 radical (unpaired) electrons. The maximum atomic E-state index is 10.0. The normalized spacial score (nSPS) is 18.1. The van der Waals surface area contributed by atoms with E-state index in [0.29, 0.717) is 18.2 Å². The van der Waals surface area contributed by atoms with E-state index < -0.39 is 6.10 Å². The molecule has 4 nitrogen and oxygen atoms in total. The van der Waals surface area contributed by atoms with E-state index in [4.69, 9.17) is 11.6 Å². The Morgan fingerprint density at radius 3 is 2.61 bits per heavy atom. The number of hydrogen-bond donors (Lipinski definition) is 4. The van der Waals surface area contributed by atoms with Gasteiger partial charge in [0.25, 0.3) is 0 Å². The average Bonchev–Trinajstić information content (AvgIpc) is 2.86. The molecule has 100 valence electrons. The second-order valence-electron chi connectivity index (χ2n) is 4.74. The van der Waals surface area contributed by atoms with Crippen molar-refractivity contribution >= 4 is 11.6 Å². The Balaban J connectivity index is 1.99. The fraction of sp³-hybridized carbons (Fsp3) is 0.538. The molecule has 1 aliphatic rings. The van der Waals surface area contributed by atoms with Crippen molar-refractivity contribution in [3.05, 3.63) is 22.7 Å². The first-order chi connectivity index (χ1) is 8.59. The summed E-state index contributed by atoms with van der Waals surface area (Å²) in [5, 5.41) is 32.1. The Hall–Kier alpha value is -0.970. The standard InChI is InChI=1S/C13H18ClNO3/c14-12-9(5-6-10(16)13(12)18)11(17)7-15-8-3-1-2-4-8/h5-6,8,11,15-18H,1-4,7H2. The Morgan fingerprint density at radius 2 is 1.94 bits per heavy atom. The highest BCUT2D eigenvalue weighted by atomic mass is 35.5. The van der Waals surface area contributed by atoms with Gasteiger partial charge in [0.2, 0.25) is 0 Å². The van der Waals surface area contributed by atoms with Crippen molar-refractivity contribution in [2.75, 3.05) is 6.54 Å². The largest absolute Gasteiger partial charge is 0.504 e. The van der Waals surface area contributed by atoms with E-state index in [1.807, 2.05) is 0 Å². The van der Waals surface area contributed by atoms with Crippen molar-refractivity contribution in [3.63, 3.8) is 0 Å². The van der Waals surface area contributed by atoms with Gasteiger partial charge in [-0.1, -0.05) is 30.5 Å². The van der Waals surface area contributed by atoms with E-state index in [1.54, 1.807) is 0 Å². The Bertz CT molecular complexity index is 419. The molecule has 0 heterocycles. The first kappa shape index (κ1) is 13.5. The van der Waals surface area contributed by atoms with Gasteiger partial charge >= 0.3 is 0 Å². The van der Waals surface area contributed by atoms with Crippen LogP contribution >= 0.6 is 11.6 Å². The van der Waals surface area contributed by atoms with Gasteiger partial charge in [-0.05, 0) is 18.9 Å². The van der Waals surface area contributed by atoms with Gasteiger partial charge in [-0.25, -0.2) is 0 Å². The third-order valence-electron chi connectivity index (χ3n) is 3.44. The van der Waals surface area contributed by atoms with Crippen LogP contribution in [0.3, 0.4) is 0 Å². The summed E-state index contributed by atoms with van der Waals surface area (Å²) in [6, 6.07) is 3.32. The average molecular weight is 272 g/mol. The van der Waals surface area contributed by atoms with E-state index in [1.165, 1.54) is 25.0 Å². The molecule has 0 bridgehead atoms. The molecular weight excluding hydrogens is 254 g/mol. The van der Waals surface area contributed by atoms with Gasteiger partial charge in [0, 0.05) is 18.2 Å². The number of nitrogens with one attached hydrogen (secondary N) is 1. The fourth-order valence-corrected chi connectivity index (χ4v) is 2.63. The number of aliphatic hydroxyl groups excluding tert-OH is 1. The van der Waals surface area contributed by atoms with Gasteiger partial charge in [-0.3, -0.25) is 0 Å². The molecule has 0 aromatic heterocycles. The maximum absolute atomic E-state index is 10.0. The molecule has 1 fully saturated rings. The molecule has 1 saturated carbocycles. The molecule has 5 heteroatoms. The summed E-state index contributed by atoms with van der Waals surface area (Å²) in [6.07, 6.45) is 3.95. The van der Waals surface area contributed by atoms with Crippen molar-refractivity contribution in [1.29, 1.82) is 0 Å². The first-order valence-electron chi connectivity index (χ1n) is 6.21. The summed E-state index contributed by atoms with van der Waals surface area (Å²) in [4.78, 5) is 0. The number of phenolic OH excluding ortho intramolecular Hbond substituents is 2. The molecule has 4 N–H and O–H groups in total. The zero-order valence-electron chi connectivity index (χ0n) is 10.1. The minimum atomic E-state index is -0.787. The highest BCUT2D eigenvalue weighted by Gasteiger charge is 2.19. The van der Waals surface area contributed by atoms with E-state index in [0.717, 1.165) is 12.8 Å². The molecule has 1 atom stereocenters. The van der Waals surface area contributed by atoms with Crippen LogP contribution in [0.5, 0.6) is 11.5 Å². The van der Waals surface area contributed by atoms with Gasteiger partial charge < -0.3 is 20.6 Å². The van der Waals surface area contributed by atoms with Crippen LogP contribution in [0.2, 0.25) is 5.02 Å². The second kappa shape index (κ2) is 5.78. The number of aromatic hydroxyl groups is 2. The number of phenols is 2.